The summed E-state index contributed by atoms with van der Waals surface area (Å²) in [7, 11) is 0. The molecule has 0 aliphatic carbocycles. The molecule has 1 aromatic heterocycles. The standard InChI is InChI=1S/C17H13ClFN3S/c1-11-7-8-14(19)13(16(11)18)9-20-22-17-21-15(10-23-17)12-5-3-2-4-6-12/h2-10H,1H3,(H,21,22). The molecular weight excluding hydrogens is 333 g/mol. The number of hydrogen-bond donors (Lipinski definition) is 1. The van der Waals surface area contributed by atoms with Gasteiger partial charge < -0.3 is 0 Å². The maximum Gasteiger partial charge on any atom is 0.203 e. The quantitative estimate of drug-likeness (QED) is 0.510. The van der Waals surface area contributed by atoms with Crippen LogP contribution in [0.1, 0.15) is 11.1 Å². The Hall–Kier alpha value is -2.24. The second kappa shape index (κ2) is 6.89. The number of nitrogens with one attached hydrogen (secondary N) is 1. The number of anilines is 1. The van der Waals surface area contributed by atoms with Crippen molar-refractivity contribution in [1.29, 1.82) is 0 Å². The monoisotopic (exact) mass is 345 g/mol. The second-order valence-corrected chi connectivity index (χ2v) is 6.10. The van der Waals surface area contributed by atoms with Crippen LogP contribution in [-0.4, -0.2) is 11.2 Å². The van der Waals surface area contributed by atoms with Gasteiger partial charge in [-0.1, -0.05) is 48.0 Å². The van der Waals surface area contributed by atoms with E-state index in [4.69, 9.17) is 11.6 Å². The number of benzene rings is 2. The number of aromatic nitrogens is 1. The number of aryl methyl sites for hydroxylation is 1. The van der Waals surface area contributed by atoms with E-state index in [1.54, 1.807) is 6.07 Å². The Kier molecular flexibility index (Phi) is 4.69. The molecule has 0 atom stereocenters. The molecular formula is C17H13ClFN3S. The average molecular weight is 346 g/mol. The van der Waals surface area contributed by atoms with Gasteiger partial charge in [-0.15, -0.1) is 11.3 Å². The predicted octanol–water partition coefficient (Wildman–Crippen LogP) is 5.36. The molecule has 0 bridgehead atoms. The highest BCUT2D eigenvalue weighted by atomic mass is 35.5. The fourth-order valence-electron chi connectivity index (χ4n) is 2.02. The molecule has 0 spiro atoms. The van der Waals surface area contributed by atoms with Crippen LogP contribution in [0.4, 0.5) is 9.52 Å². The Balaban J connectivity index is 1.75. The van der Waals surface area contributed by atoms with E-state index in [2.05, 4.69) is 15.5 Å². The number of hydrogen-bond acceptors (Lipinski definition) is 4. The summed E-state index contributed by atoms with van der Waals surface area (Å²) < 4.78 is 13.8. The zero-order valence-corrected chi connectivity index (χ0v) is 13.8. The molecule has 1 heterocycles. The first-order chi connectivity index (χ1) is 11.1. The van der Waals surface area contributed by atoms with Gasteiger partial charge in [0.1, 0.15) is 5.82 Å². The molecule has 0 fully saturated rings. The van der Waals surface area contributed by atoms with Gasteiger partial charge in [-0.25, -0.2) is 9.37 Å². The normalized spacial score (nSPS) is 11.1. The van der Waals surface area contributed by atoms with Gasteiger partial charge in [0.2, 0.25) is 5.13 Å². The highest BCUT2D eigenvalue weighted by Crippen LogP contribution is 2.25. The van der Waals surface area contributed by atoms with E-state index in [0.29, 0.717) is 10.2 Å². The van der Waals surface area contributed by atoms with Crippen molar-refractivity contribution in [3.8, 4) is 11.3 Å². The number of rotatable bonds is 4. The Labute approximate surface area is 142 Å². The molecule has 0 unspecified atom stereocenters. The maximum atomic E-state index is 13.8. The van der Waals surface area contributed by atoms with E-state index < -0.39 is 5.82 Å². The van der Waals surface area contributed by atoms with Crippen molar-refractivity contribution in [2.24, 2.45) is 5.10 Å². The van der Waals surface area contributed by atoms with E-state index in [9.17, 15) is 4.39 Å². The van der Waals surface area contributed by atoms with Gasteiger partial charge in [-0.2, -0.15) is 5.10 Å². The lowest BCUT2D eigenvalue weighted by Crippen LogP contribution is -1.95. The highest BCUT2D eigenvalue weighted by Gasteiger charge is 2.07. The summed E-state index contributed by atoms with van der Waals surface area (Å²) in [6, 6.07) is 12.9. The van der Waals surface area contributed by atoms with Crippen LogP contribution in [0.25, 0.3) is 11.3 Å². The van der Waals surface area contributed by atoms with Crippen molar-refractivity contribution in [2.45, 2.75) is 6.92 Å². The van der Waals surface area contributed by atoms with Gasteiger partial charge in [-0.05, 0) is 18.6 Å². The van der Waals surface area contributed by atoms with Crippen LogP contribution in [0.5, 0.6) is 0 Å². The molecule has 2 aromatic carbocycles. The first kappa shape index (κ1) is 15.6. The molecule has 6 heteroatoms. The Bertz CT molecular complexity index is 846. The van der Waals surface area contributed by atoms with Gasteiger partial charge >= 0.3 is 0 Å². The molecule has 0 saturated carbocycles. The minimum Gasteiger partial charge on any atom is -0.253 e. The Morgan fingerprint density at radius 1 is 1.22 bits per heavy atom. The Morgan fingerprint density at radius 3 is 2.78 bits per heavy atom. The third-order valence-corrected chi connectivity index (χ3v) is 4.50. The summed E-state index contributed by atoms with van der Waals surface area (Å²) in [4.78, 5) is 4.44. The zero-order chi connectivity index (χ0) is 16.2. The smallest absolute Gasteiger partial charge is 0.203 e. The van der Waals surface area contributed by atoms with Crippen molar-refractivity contribution < 1.29 is 4.39 Å². The molecule has 3 rings (SSSR count). The molecule has 3 nitrogen and oxygen atoms in total. The largest absolute Gasteiger partial charge is 0.253 e. The second-order valence-electron chi connectivity index (χ2n) is 4.87. The SMILES string of the molecule is Cc1ccc(F)c(C=NNc2nc(-c3ccccc3)cs2)c1Cl. The summed E-state index contributed by atoms with van der Waals surface area (Å²) in [6.07, 6.45) is 1.37. The van der Waals surface area contributed by atoms with Crippen LogP contribution in [-0.2, 0) is 0 Å². The maximum absolute atomic E-state index is 13.8. The fourth-order valence-corrected chi connectivity index (χ4v) is 2.89. The minimum atomic E-state index is -0.407. The first-order valence-corrected chi connectivity index (χ1v) is 8.15. The molecule has 0 amide bonds. The fraction of sp³-hybridized carbons (Fsp3) is 0.0588. The summed E-state index contributed by atoms with van der Waals surface area (Å²) in [5.41, 5.74) is 5.78. The van der Waals surface area contributed by atoms with Crippen LogP contribution in [0, 0.1) is 12.7 Å². The first-order valence-electron chi connectivity index (χ1n) is 6.90. The molecule has 3 aromatic rings. The van der Waals surface area contributed by atoms with Gasteiger partial charge in [-0.3, -0.25) is 5.43 Å². The molecule has 1 N–H and O–H groups in total. The molecule has 0 aliphatic rings. The molecule has 116 valence electrons. The summed E-state index contributed by atoms with van der Waals surface area (Å²) in [5.74, 6) is -0.407. The lowest BCUT2D eigenvalue weighted by molar-refractivity contribution is 0.625. The van der Waals surface area contributed by atoms with Gasteiger partial charge in [0.15, 0.2) is 0 Å². The topological polar surface area (TPSA) is 37.3 Å². The third-order valence-electron chi connectivity index (χ3n) is 3.25. The van der Waals surface area contributed by atoms with Crippen LogP contribution >= 0.6 is 22.9 Å². The summed E-state index contributed by atoms with van der Waals surface area (Å²) in [5, 5.41) is 6.96. The molecule has 23 heavy (non-hydrogen) atoms. The summed E-state index contributed by atoms with van der Waals surface area (Å²) >= 11 is 7.52. The predicted molar refractivity (Wildman–Crippen MR) is 94.9 cm³/mol. The lowest BCUT2D eigenvalue weighted by Gasteiger charge is -2.03. The van der Waals surface area contributed by atoms with Crippen molar-refractivity contribution in [2.75, 3.05) is 5.43 Å². The van der Waals surface area contributed by atoms with E-state index >= 15 is 0 Å². The third kappa shape index (κ3) is 3.57. The number of halogens is 2. The average Bonchev–Trinajstić information content (AvgIpc) is 3.04. The number of thiazole rings is 1. The van der Waals surface area contributed by atoms with Crippen molar-refractivity contribution in [3.05, 3.63) is 69.8 Å². The van der Waals surface area contributed by atoms with E-state index in [1.165, 1.54) is 23.6 Å². The van der Waals surface area contributed by atoms with Crippen molar-refractivity contribution >= 4 is 34.3 Å². The van der Waals surface area contributed by atoms with Crippen LogP contribution in [0.3, 0.4) is 0 Å². The molecule has 0 aliphatic heterocycles. The highest BCUT2D eigenvalue weighted by molar-refractivity contribution is 7.14. The van der Waals surface area contributed by atoms with Crippen LogP contribution in [0.2, 0.25) is 5.02 Å². The Morgan fingerprint density at radius 2 is 2.00 bits per heavy atom. The molecule has 0 radical (unpaired) electrons. The van der Waals surface area contributed by atoms with Gasteiger partial charge in [0, 0.05) is 16.5 Å². The van der Waals surface area contributed by atoms with E-state index in [-0.39, 0.29) is 5.56 Å². The number of hydrazone groups is 1. The van der Waals surface area contributed by atoms with Crippen LogP contribution in [0.15, 0.2) is 52.9 Å². The lowest BCUT2D eigenvalue weighted by atomic mass is 10.1. The number of nitrogens with zero attached hydrogens (tertiary/aromatic N) is 2. The van der Waals surface area contributed by atoms with E-state index in [1.807, 2.05) is 42.6 Å². The van der Waals surface area contributed by atoms with Gasteiger partial charge in [0.05, 0.1) is 16.9 Å². The van der Waals surface area contributed by atoms with Crippen LogP contribution < -0.4 is 5.43 Å². The molecule has 0 saturated heterocycles. The minimum absolute atomic E-state index is 0.263. The summed E-state index contributed by atoms with van der Waals surface area (Å²) in [6.45, 7) is 1.82. The van der Waals surface area contributed by atoms with E-state index in [0.717, 1.165) is 16.8 Å². The van der Waals surface area contributed by atoms with Crippen molar-refractivity contribution in [1.82, 2.24) is 4.98 Å². The van der Waals surface area contributed by atoms with Crippen molar-refractivity contribution in [3.63, 3.8) is 0 Å². The zero-order valence-electron chi connectivity index (χ0n) is 12.3. The van der Waals surface area contributed by atoms with Gasteiger partial charge in [0.25, 0.3) is 0 Å².